The number of aryl methyl sites for hydroxylation is 1. The Morgan fingerprint density at radius 2 is 2.04 bits per heavy atom. The fraction of sp³-hybridized carbons (Fsp3) is 0.474. The maximum Gasteiger partial charge on any atom is 0.315 e. The average Bonchev–Trinajstić information content (AvgIpc) is 3.08. The minimum atomic E-state index is -0.162. The van der Waals surface area contributed by atoms with E-state index in [0.29, 0.717) is 19.7 Å². The topological polar surface area (TPSA) is 68.2 Å². The fourth-order valence-electron chi connectivity index (χ4n) is 2.26. The van der Waals surface area contributed by atoms with Crippen molar-refractivity contribution < 1.29 is 9.53 Å². The van der Waals surface area contributed by atoms with Gasteiger partial charge in [-0.1, -0.05) is 24.3 Å². The summed E-state index contributed by atoms with van der Waals surface area (Å²) in [5, 5.41) is 5.75. The van der Waals surface area contributed by atoms with Gasteiger partial charge >= 0.3 is 6.03 Å². The molecule has 0 radical (unpaired) electrons. The van der Waals surface area contributed by atoms with Crippen LogP contribution < -0.4 is 10.6 Å². The van der Waals surface area contributed by atoms with Crippen molar-refractivity contribution in [1.82, 2.24) is 20.2 Å². The van der Waals surface area contributed by atoms with Crippen LogP contribution in [0.15, 0.2) is 43.0 Å². The molecule has 1 aromatic heterocycles. The Kier molecular flexibility index (Phi) is 7.01. The smallest absolute Gasteiger partial charge is 0.315 e. The van der Waals surface area contributed by atoms with Gasteiger partial charge < -0.3 is 19.9 Å². The van der Waals surface area contributed by atoms with Crippen LogP contribution in [0.3, 0.4) is 0 Å². The fourth-order valence-corrected chi connectivity index (χ4v) is 2.26. The van der Waals surface area contributed by atoms with Gasteiger partial charge in [-0.25, -0.2) is 9.78 Å². The third-order valence-corrected chi connectivity index (χ3v) is 3.55. The van der Waals surface area contributed by atoms with Crippen LogP contribution in [-0.2, 0) is 24.4 Å². The van der Waals surface area contributed by atoms with Crippen LogP contribution >= 0.6 is 0 Å². The van der Waals surface area contributed by atoms with E-state index in [2.05, 4.69) is 21.7 Å². The minimum Gasteiger partial charge on any atom is -0.371 e. The highest BCUT2D eigenvalue weighted by Gasteiger charge is 2.10. The molecule has 0 atom stereocenters. The van der Waals surface area contributed by atoms with E-state index < -0.39 is 0 Å². The molecule has 0 saturated heterocycles. The van der Waals surface area contributed by atoms with Gasteiger partial charge in [0.25, 0.3) is 0 Å². The number of hydrogen-bond donors (Lipinski definition) is 2. The highest BCUT2D eigenvalue weighted by molar-refractivity contribution is 5.73. The summed E-state index contributed by atoms with van der Waals surface area (Å²) >= 11 is 0. The van der Waals surface area contributed by atoms with Gasteiger partial charge in [0, 0.05) is 32.0 Å². The third-order valence-electron chi connectivity index (χ3n) is 3.55. The van der Waals surface area contributed by atoms with Crippen molar-refractivity contribution in [2.45, 2.75) is 52.5 Å². The molecule has 0 saturated carbocycles. The van der Waals surface area contributed by atoms with E-state index in [-0.39, 0.29) is 11.6 Å². The summed E-state index contributed by atoms with van der Waals surface area (Å²) in [7, 11) is 0. The second kappa shape index (κ2) is 9.22. The van der Waals surface area contributed by atoms with Crippen molar-refractivity contribution in [1.29, 1.82) is 0 Å². The quantitative estimate of drug-likeness (QED) is 0.723. The molecule has 1 heterocycles. The Morgan fingerprint density at radius 3 is 2.76 bits per heavy atom. The molecule has 6 heteroatoms. The SMILES string of the molecule is CC(C)(C)OCc1cccc(CNC(=O)NCCCn2ccnc2)c1. The predicted octanol–water partition coefficient (Wildman–Crippen LogP) is 3.09. The molecule has 0 aliphatic carbocycles. The zero-order valence-corrected chi connectivity index (χ0v) is 15.3. The van der Waals surface area contributed by atoms with Crippen LogP contribution in [-0.4, -0.2) is 27.7 Å². The summed E-state index contributed by atoms with van der Waals surface area (Å²) < 4.78 is 7.78. The van der Waals surface area contributed by atoms with E-state index in [1.807, 2.05) is 49.7 Å². The highest BCUT2D eigenvalue weighted by Crippen LogP contribution is 2.13. The predicted molar refractivity (Wildman–Crippen MR) is 98.1 cm³/mol. The van der Waals surface area contributed by atoms with E-state index in [4.69, 9.17) is 4.74 Å². The molecule has 136 valence electrons. The molecule has 25 heavy (non-hydrogen) atoms. The zero-order chi connectivity index (χ0) is 18.1. The van der Waals surface area contributed by atoms with Crippen LogP contribution in [0, 0.1) is 0 Å². The molecule has 2 N–H and O–H groups in total. The van der Waals surface area contributed by atoms with E-state index in [0.717, 1.165) is 24.1 Å². The molecule has 6 nitrogen and oxygen atoms in total. The first-order valence-corrected chi connectivity index (χ1v) is 8.61. The van der Waals surface area contributed by atoms with E-state index in [1.165, 1.54) is 0 Å². The maximum atomic E-state index is 11.9. The second-order valence-corrected chi connectivity index (χ2v) is 6.98. The van der Waals surface area contributed by atoms with Crippen molar-refractivity contribution in [3.8, 4) is 0 Å². The number of ether oxygens (including phenoxy) is 1. The Hall–Kier alpha value is -2.34. The van der Waals surface area contributed by atoms with Crippen molar-refractivity contribution in [2.75, 3.05) is 6.54 Å². The Bertz CT molecular complexity index is 648. The summed E-state index contributed by atoms with van der Waals surface area (Å²) in [6.45, 7) is 8.65. The molecule has 0 spiro atoms. The van der Waals surface area contributed by atoms with Crippen LogP contribution in [0.4, 0.5) is 4.79 Å². The Morgan fingerprint density at radius 1 is 1.24 bits per heavy atom. The average molecular weight is 344 g/mol. The zero-order valence-electron chi connectivity index (χ0n) is 15.3. The molecule has 0 bridgehead atoms. The van der Waals surface area contributed by atoms with Crippen LogP contribution in [0.5, 0.6) is 0 Å². The molecular formula is C19H28N4O2. The number of hydrogen-bond acceptors (Lipinski definition) is 3. The third kappa shape index (κ3) is 7.85. The summed E-state index contributed by atoms with van der Waals surface area (Å²) in [5.74, 6) is 0. The first-order chi connectivity index (χ1) is 11.9. The van der Waals surface area contributed by atoms with Crippen molar-refractivity contribution >= 4 is 6.03 Å². The number of urea groups is 1. The number of imidazole rings is 1. The van der Waals surface area contributed by atoms with Crippen LogP contribution in [0.1, 0.15) is 38.3 Å². The number of rotatable bonds is 8. The van der Waals surface area contributed by atoms with Gasteiger partial charge in [-0.3, -0.25) is 0 Å². The number of nitrogens with one attached hydrogen (secondary N) is 2. The lowest BCUT2D eigenvalue weighted by atomic mass is 10.1. The molecule has 2 rings (SSSR count). The lowest BCUT2D eigenvalue weighted by molar-refractivity contribution is -0.0149. The number of carbonyl (C=O) groups excluding carboxylic acids is 1. The lowest BCUT2D eigenvalue weighted by Crippen LogP contribution is -2.35. The number of benzene rings is 1. The van der Waals surface area contributed by atoms with Crippen molar-refractivity contribution in [3.63, 3.8) is 0 Å². The van der Waals surface area contributed by atoms with Crippen LogP contribution in [0.25, 0.3) is 0 Å². The summed E-state index contributed by atoms with van der Waals surface area (Å²) in [5.41, 5.74) is 2.00. The summed E-state index contributed by atoms with van der Waals surface area (Å²) in [4.78, 5) is 15.8. The molecule has 2 amide bonds. The van der Waals surface area contributed by atoms with Gasteiger partial charge in [0.05, 0.1) is 18.5 Å². The van der Waals surface area contributed by atoms with E-state index >= 15 is 0 Å². The lowest BCUT2D eigenvalue weighted by Gasteiger charge is -2.19. The highest BCUT2D eigenvalue weighted by atomic mass is 16.5. The van der Waals surface area contributed by atoms with Gasteiger partial charge in [-0.2, -0.15) is 0 Å². The van der Waals surface area contributed by atoms with Crippen molar-refractivity contribution in [3.05, 3.63) is 54.1 Å². The molecule has 2 aromatic rings. The Labute approximate surface area is 149 Å². The van der Waals surface area contributed by atoms with Gasteiger partial charge in [0.1, 0.15) is 0 Å². The molecule has 0 aliphatic heterocycles. The molecule has 0 fully saturated rings. The van der Waals surface area contributed by atoms with Gasteiger partial charge in [0.2, 0.25) is 0 Å². The van der Waals surface area contributed by atoms with Crippen molar-refractivity contribution in [2.24, 2.45) is 0 Å². The number of aromatic nitrogens is 2. The monoisotopic (exact) mass is 344 g/mol. The first-order valence-electron chi connectivity index (χ1n) is 8.61. The maximum absolute atomic E-state index is 11.9. The summed E-state index contributed by atoms with van der Waals surface area (Å²) in [6, 6.07) is 7.93. The van der Waals surface area contributed by atoms with Gasteiger partial charge in [0.15, 0.2) is 0 Å². The number of carbonyl (C=O) groups is 1. The molecular weight excluding hydrogens is 316 g/mol. The summed E-state index contributed by atoms with van der Waals surface area (Å²) in [6.07, 6.45) is 6.30. The second-order valence-electron chi connectivity index (χ2n) is 6.98. The van der Waals surface area contributed by atoms with Gasteiger partial charge in [-0.15, -0.1) is 0 Å². The van der Waals surface area contributed by atoms with Gasteiger partial charge in [-0.05, 0) is 38.3 Å². The standard InChI is InChI=1S/C19H28N4O2/c1-19(2,3)25-14-17-7-4-6-16(12-17)13-22-18(24)21-8-5-10-23-11-9-20-15-23/h4,6-7,9,11-12,15H,5,8,10,13-14H2,1-3H3,(H2,21,22,24). The first kappa shape index (κ1) is 19.0. The molecule has 1 aromatic carbocycles. The number of amides is 2. The molecule has 0 aliphatic rings. The largest absolute Gasteiger partial charge is 0.371 e. The minimum absolute atomic E-state index is 0.151. The normalized spacial score (nSPS) is 11.3. The Balaban J connectivity index is 1.66. The van der Waals surface area contributed by atoms with E-state index in [9.17, 15) is 4.79 Å². The van der Waals surface area contributed by atoms with E-state index in [1.54, 1.807) is 12.5 Å². The molecule has 0 unspecified atom stereocenters. The number of nitrogens with zero attached hydrogens (tertiary/aromatic N) is 2. The van der Waals surface area contributed by atoms with Crippen LogP contribution in [0.2, 0.25) is 0 Å².